The van der Waals surface area contributed by atoms with Crippen molar-refractivity contribution in [1.82, 2.24) is 0 Å². The molecule has 1 aliphatic rings. The molecule has 0 radical (unpaired) electrons. The first kappa shape index (κ1) is 30.2. The molecule has 5 heteroatoms. The van der Waals surface area contributed by atoms with Gasteiger partial charge in [-0.05, 0) is 28.5 Å². The van der Waals surface area contributed by atoms with Gasteiger partial charge in [0.05, 0.1) is 7.11 Å². The van der Waals surface area contributed by atoms with Crippen molar-refractivity contribution in [2.75, 3.05) is 7.11 Å². The third-order valence-corrected chi connectivity index (χ3v) is 3.50. The number of rotatable bonds is 1. The van der Waals surface area contributed by atoms with Gasteiger partial charge in [-0.25, -0.2) is 11.6 Å². The molecule has 0 heterocycles. The zero-order valence-electron chi connectivity index (χ0n) is 17.0. The SMILES string of the molecule is CC(C)(C)C1=[C-]CC=C1.COc1cc(O)cc(C(C)(C)C)c1.Cl.Cl.[CH2]=[Ti+]. The Morgan fingerprint density at radius 3 is 1.85 bits per heavy atom. The Labute approximate surface area is 183 Å². The predicted molar refractivity (Wildman–Crippen MR) is 115 cm³/mol. The molecule has 1 N–H and O–H groups in total. The van der Waals surface area contributed by atoms with Crippen LogP contribution < -0.4 is 4.74 Å². The van der Waals surface area contributed by atoms with Crippen LogP contribution in [0, 0.1) is 11.5 Å². The summed E-state index contributed by atoms with van der Waals surface area (Å²) in [6.07, 6.45) is 8.63. The van der Waals surface area contributed by atoms with E-state index in [9.17, 15) is 5.11 Å². The Hall–Kier alpha value is -0.536. The van der Waals surface area contributed by atoms with Gasteiger partial charge >= 0.3 is 24.8 Å². The number of ether oxygens (including phenoxy) is 1. The minimum absolute atomic E-state index is 0. The van der Waals surface area contributed by atoms with Crippen molar-refractivity contribution in [2.24, 2.45) is 5.41 Å². The first-order chi connectivity index (χ1) is 11.0. The molecule has 0 aliphatic heterocycles. The van der Waals surface area contributed by atoms with Crippen LogP contribution in [0.5, 0.6) is 11.5 Å². The zero-order chi connectivity index (χ0) is 19.0. The van der Waals surface area contributed by atoms with E-state index < -0.39 is 0 Å². The van der Waals surface area contributed by atoms with Crippen molar-refractivity contribution >= 4 is 29.6 Å². The maximum absolute atomic E-state index is 9.41. The fraction of sp³-hybridized carbons (Fsp3) is 0.476. The van der Waals surface area contributed by atoms with Crippen LogP contribution in [0.4, 0.5) is 0 Å². The number of hydrogen-bond acceptors (Lipinski definition) is 2. The van der Waals surface area contributed by atoms with E-state index in [4.69, 9.17) is 4.74 Å². The summed E-state index contributed by atoms with van der Waals surface area (Å²) >= 11 is 1.75. The Morgan fingerprint density at radius 1 is 1.00 bits per heavy atom. The molecule has 147 valence electrons. The number of allylic oxidation sites excluding steroid dienone is 4. The number of hydrogen-bond donors (Lipinski definition) is 1. The average Bonchev–Trinajstić information content (AvgIpc) is 3.03. The molecular formula is C21H33Cl2O2Ti. The third-order valence-electron chi connectivity index (χ3n) is 3.50. The van der Waals surface area contributed by atoms with Gasteiger partial charge in [0.15, 0.2) is 0 Å². The van der Waals surface area contributed by atoms with Gasteiger partial charge in [-0.3, -0.25) is 6.08 Å². The van der Waals surface area contributed by atoms with E-state index >= 15 is 0 Å². The van der Waals surface area contributed by atoms with Crippen LogP contribution in [-0.4, -0.2) is 17.0 Å². The van der Waals surface area contributed by atoms with Crippen LogP contribution in [0.25, 0.3) is 0 Å². The second-order valence-electron chi connectivity index (χ2n) is 7.62. The van der Waals surface area contributed by atoms with E-state index in [2.05, 4.69) is 64.6 Å². The van der Waals surface area contributed by atoms with E-state index in [0.29, 0.717) is 11.2 Å². The average molecular weight is 436 g/mol. The molecule has 0 amide bonds. The molecule has 0 saturated carbocycles. The molecule has 26 heavy (non-hydrogen) atoms. The summed E-state index contributed by atoms with van der Waals surface area (Å²) in [6.45, 7) is 12.9. The van der Waals surface area contributed by atoms with Crippen molar-refractivity contribution < 1.29 is 29.8 Å². The monoisotopic (exact) mass is 435 g/mol. The van der Waals surface area contributed by atoms with Crippen molar-refractivity contribution in [3.63, 3.8) is 0 Å². The second-order valence-corrected chi connectivity index (χ2v) is 7.62. The maximum atomic E-state index is 9.41. The summed E-state index contributed by atoms with van der Waals surface area (Å²) in [7, 11) is 1.60. The van der Waals surface area contributed by atoms with Crippen LogP contribution in [0.3, 0.4) is 0 Å². The molecule has 0 atom stereocenters. The Balaban J connectivity index is -0.000000361. The number of phenols is 1. The van der Waals surface area contributed by atoms with Crippen molar-refractivity contribution in [2.45, 2.75) is 53.4 Å². The van der Waals surface area contributed by atoms with Crippen molar-refractivity contribution in [3.8, 4) is 11.5 Å². The fourth-order valence-corrected chi connectivity index (χ4v) is 2.05. The first-order valence-electron chi connectivity index (χ1n) is 8.06. The molecule has 1 aromatic rings. The van der Waals surface area contributed by atoms with E-state index in [1.165, 1.54) is 5.57 Å². The Bertz CT molecular complexity index is 583. The first-order valence-corrected chi connectivity index (χ1v) is 9.16. The van der Waals surface area contributed by atoms with Gasteiger partial charge in [0.2, 0.25) is 0 Å². The summed E-state index contributed by atoms with van der Waals surface area (Å²) in [5.41, 5.74) is 2.76. The molecule has 0 fully saturated rings. The summed E-state index contributed by atoms with van der Waals surface area (Å²) in [5.74, 6) is 0.953. The van der Waals surface area contributed by atoms with Crippen LogP contribution in [0.2, 0.25) is 0 Å². The Kier molecular flexibility index (Phi) is 15.8. The Morgan fingerprint density at radius 2 is 1.54 bits per heavy atom. The molecular weight excluding hydrogens is 403 g/mol. The molecule has 0 bridgehead atoms. The molecule has 2 rings (SSSR count). The van der Waals surface area contributed by atoms with E-state index in [0.717, 1.165) is 12.0 Å². The van der Waals surface area contributed by atoms with Gasteiger partial charge in [-0.15, -0.1) is 31.2 Å². The molecule has 2 nitrogen and oxygen atoms in total. The van der Waals surface area contributed by atoms with E-state index in [-0.39, 0.29) is 36.0 Å². The fourth-order valence-electron chi connectivity index (χ4n) is 2.05. The van der Waals surface area contributed by atoms with Crippen LogP contribution in [0.1, 0.15) is 53.5 Å². The minimum atomic E-state index is 0. The number of phenolic OH excluding ortho intramolecular Hbond substituents is 1. The standard InChI is InChI=1S/C11H16O2.C9H13.CH2.2ClH.Ti/c1-11(2,3)8-5-9(12)7-10(6-8)13-4;1-9(2,3)8-6-4-5-7-8;;;;/h5-7,12H,1-4H3;4,6H,5H2,1-3H3;1H2;2*1H;/q;-1;;;;+1. The second kappa shape index (κ2) is 13.6. The summed E-state index contributed by atoms with van der Waals surface area (Å²) < 4.78 is 5.07. The number of aromatic hydroxyl groups is 1. The van der Waals surface area contributed by atoms with Crippen LogP contribution in [-0.2, 0) is 25.4 Å². The molecule has 0 unspecified atom stereocenters. The third kappa shape index (κ3) is 11.2. The van der Waals surface area contributed by atoms with Gasteiger partial charge < -0.3 is 9.84 Å². The van der Waals surface area contributed by atoms with Gasteiger partial charge in [0.1, 0.15) is 11.5 Å². The zero-order valence-corrected chi connectivity index (χ0v) is 20.2. The summed E-state index contributed by atoms with van der Waals surface area (Å²) in [4.78, 5) is 3.25. The van der Waals surface area contributed by atoms with Gasteiger partial charge in [-0.1, -0.05) is 41.5 Å². The molecule has 1 aromatic carbocycles. The van der Waals surface area contributed by atoms with Crippen LogP contribution >= 0.6 is 24.8 Å². The van der Waals surface area contributed by atoms with E-state index in [1.54, 1.807) is 39.2 Å². The van der Waals surface area contributed by atoms with E-state index in [1.807, 2.05) is 6.07 Å². The number of methoxy groups -OCH3 is 1. The molecule has 0 aromatic heterocycles. The molecule has 0 spiro atoms. The van der Waals surface area contributed by atoms with Crippen molar-refractivity contribution in [3.05, 3.63) is 47.6 Å². The topological polar surface area (TPSA) is 29.5 Å². The number of benzene rings is 1. The number of halogens is 2. The van der Waals surface area contributed by atoms with Gasteiger partial charge in [-0.2, -0.15) is 6.08 Å². The summed E-state index contributed by atoms with van der Waals surface area (Å²) in [6, 6.07) is 5.32. The van der Waals surface area contributed by atoms with Gasteiger partial charge in [0.25, 0.3) is 0 Å². The van der Waals surface area contributed by atoms with Crippen molar-refractivity contribution in [1.29, 1.82) is 0 Å². The molecule has 1 aliphatic carbocycles. The molecule has 0 saturated heterocycles. The quantitative estimate of drug-likeness (QED) is 0.418. The van der Waals surface area contributed by atoms with Gasteiger partial charge in [0, 0.05) is 6.07 Å². The summed E-state index contributed by atoms with van der Waals surface area (Å²) in [5, 5.41) is 9.41. The predicted octanol–water partition coefficient (Wildman–Crippen LogP) is 6.23. The van der Waals surface area contributed by atoms with Crippen LogP contribution in [0.15, 0.2) is 35.9 Å². The normalized spacial score (nSPS) is 12.3.